The topological polar surface area (TPSA) is 143 Å². The number of ether oxygens (including phenoxy) is 1. The predicted octanol–water partition coefficient (Wildman–Crippen LogP) is 2.80. The van der Waals surface area contributed by atoms with Gasteiger partial charge in [-0.3, -0.25) is 19.2 Å². The Morgan fingerprint density at radius 1 is 1.21 bits per heavy atom. The zero-order valence-electron chi connectivity index (χ0n) is 22.5. The minimum Gasteiger partial charge on any atom is -0.467 e. The highest BCUT2D eigenvalue weighted by molar-refractivity contribution is 6.01. The normalized spacial score (nSPS) is 36.8. The van der Waals surface area contributed by atoms with Crippen LogP contribution in [0.3, 0.4) is 0 Å². The minimum atomic E-state index is -1.72. The number of carbonyl (C=O) groups excluding carboxylic acids is 4. The lowest BCUT2D eigenvalue weighted by atomic mass is 9.46. The number of Topliss-reactive ketones (excluding diaryl/α,β-unsaturated/α-hetero) is 1. The molecule has 0 aliphatic heterocycles. The van der Waals surface area contributed by atoms with E-state index in [1.54, 1.807) is 24.3 Å². The summed E-state index contributed by atoms with van der Waals surface area (Å²) in [6.07, 6.45) is 8.30. The van der Waals surface area contributed by atoms with Crippen LogP contribution in [0.25, 0.3) is 0 Å². The van der Waals surface area contributed by atoms with E-state index in [9.17, 15) is 29.4 Å². The van der Waals surface area contributed by atoms with Crippen molar-refractivity contribution in [2.24, 2.45) is 28.6 Å². The van der Waals surface area contributed by atoms with Gasteiger partial charge in [-0.15, -0.1) is 0 Å². The summed E-state index contributed by atoms with van der Waals surface area (Å²) in [4.78, 5) is 49.6. The number of carbonyl (C=O) groups is 4. The average molecular weight is 540 g/mol. The van der Waals surface area contributed by atoms with Gasteiger partial charge in [-0.1, -0.05) is 25.5 Å². The Kier molecular flexibility index (Phi) is 7.18. The zero-order chi connectivity index (χ0) is 28.0. The molecule has 9 heteroatoms. The molecule has 0 saturated heterocycles. The molecule has 0 bridgehead atoms. The maximum atomic E-state index is 13.3. The molecule has 3 saturated carbocycles. The summed E-state index contributed by atoms with van der Waals surface area (Å²) in [5.74, 6) is -1.05. The van der Waals surface area contributed by atoms with Crippen molar-refractivity contribution < 1.29 is 38.5 Å². The van der Waals surface area contributed by atoms with Crippen LogP contribution in [0.4, 0.5) is 0 Å². The van der Waals surface area contributed by atoms with Crippen LogP contribution in [-0.2, 0) is 30.5 Å². The molecule has 7 unspecified atom stereocenters. The van der Waals surface area contributed by atoms with Gasteiger partial charge in [0.2, 0.25) is 11.7 Å². The first-order chi connectivity index (χ1) is 18.5. The summed E-state index contributed by atoms with van der Waals surface area (Å²) in [7, 11) is 0. The number of furan rings is 1. The second-order valence-electron chi connectivity index (χ2n) is 12.1. The smallest absolute Gasteiger partial charge is 0.306 e. The summed E-state index contributed by atoms with van der Waals surface area (Å²) >= 11 is 0. The summed E-state index contributed by atoms with van der Waals surface area (Å²) in [6.45, 7) is 3.59. The fraction of sp³-hybridized carbons (Fsp3) is 0.600. The molecular formula is C30H37NO8. The van der Waals surface area contributed by atoms with Gasteiger partial charge < -0.3 is 24.7 Å². The molecule has 4 aliphatic rings. The van der Waals surface area contributed by atoms with Crippen molar-refractivity contribution >= 4 is 23.4 Å². The van der Waals surface area contributed by atoms with Crippen LogP contribution in [0.15, 0.2) is 46.6 Å². The van der Waals surface area contributed by atoms with Gasteiger partial charge in [0.1, 0.15) is 11.4 Å². The number of esters is 1. The Balaban J connectivity index is 1.19. The van der Waals surface area contributed by atoms with Gasteiger partial charge in [-0.05, 0) is 68.2 Å². The largest absolute Gasteiger partial charge is 0.467 e. The second kappa shape index (κ2) is 10.2. The number of nitrogens with one attached hydrogen (secondary N) is 1. The third-order valence-electron chi connectivity index (χ3n) is 10.1. The lowest BCUT2D eigenvalue weighted by Gasteiger charge is -2.59. The van der Waals surface area contributed by atoms with Gasteiger partial charge in [-0.2, -0.15) is 0 Å². The summed E-state index contributed by atoms with van der Waals surface area (Å²) < 4.78 is 10.3. The van der Waals surface area contributed by atoms with Gasteiger partial charge >= 0.3 is 5.97 Å². The fourth-order valence-corrected chi connectivity index (χ4v) is 8.03. The van der Waals surface area contributed by atoms with Crippen molar-refractivity contribution in [3.8, 4) is 0 Å². The van der Waals surface area contributed by atoms with Crippen LogP contribution >= 0.6 is 0 Å². The average Bonchev–Trinajstić information content (AvgIpc) is 3.51. The number of hydrogen-bond donors (Lipinski definition) is 3. The standard InChI is InChI=1S/C30H37NO8/c1-28-11-9-19(32)14-18(28)5-6-21-22-10-12-30(37,29(22,2)15-23(33)27(21)28)24(34)17-39-26(36)8-7-25(35)31-16-20-4-3-13-38-20/h3-4,9,11,13-14,21-23,27,33,37H,5-8,10,12,15-17H2,1-2H3,(H,31,35). The van der Waals surface area contributed by atoms with E-state index in [0.29, 0.717) is 12.2 Å². The minimum absolute atomic E-state index is 0.0119. The Morgan fingerprint density at radius 3 is 2.74 bits per heavy atom. The third-order valence-corrected chi connectivity index (χ3v) is 10.1. The maximum Gasteiger partial charge on any atom is 0.306 e. The Hall–Kier alpha value is -3.04. The third kappa shape index (κ3) is 4.69. The van der Waals surface area contributed by atoms with E-state index in [-0.39, 0.29) is 61.7 Å². The molecule has 3 N–H and O–H groups in total. The molecule has 1 amide bonds. The molecule has 39 heavy (non-hydrogen) atoms. The van der Waals surface area contributed by atoms with Crippen molar-refractivity contribution in [2.75, 3.05) is 6.61 Å². The first-order valence-corrected chi connectivity index (χ1v) is 13.8. The molecule has 9 nitrogen and oxygen atoms in total. The van der Waals surface area contributed by atoms with Crippen LogP contribution in [0, 0.1) is 28.6 Å². The molecule has 5 rings (SSSR count). The Morgan fingerprint density at radius 2 is 2.00 bits per heavy atom. The van der Waals surface area contributed by atoms with Crippen LogP contribution in [0.1, 0.15) is 64.6 Å². The monoisotopic (exact) mass is 539 g/mol. The quantitative estimate of drug-likeness (QED) is 0.428. The highest BCUT2D eigenvalue weighted by atomic mass is 16.5. The molecular weight excluding hydrogens is 502 g/mol. The number of rotatable bonds is 8. The lowest BCUT2D eigenvalue weighted by Crippen LogP contribution is -2.61. The van der Waals surface area contributed by atoms with Crippen LogP contribution in [-0.4, -0.2) is 52.0 Å². The number of aliphatic hydroxyl groups excluding tert-OH is 1. The van der Waals surface area contributed by atoms with Crippen molar-refractivity contribution in [3.63, 3.8) is 0 Å². The number of allylic oxidation sites excluding steroid dienone is 4. The van der Waals surface area contributed by atoms with E-state index < -0.39 is 40.9 Å². The van der Waals surface area contributed by atoms with Gasteiger partial charge in [-0.25, -0.2) is 0 Å². The number of ketones is 2. The molecule has 3 fully saturated rings. The fourth-order valence-electron chi connectivity index (χ4n) is 8.03. The second-order valence-corrected chi connectivity index (χ2v) is 12.1. The molecule has 0 radical (unpaired) electrons. The zero-order valence-corrected chi connectivity index (χ0v) is 22.5. The van der Waals surface area contributed by atoms with E-state index >= 15 is 0 Å². The van der Waals surface area contributed by atoms with Crippen molar-refractivity contribution in [3.05, 3.63) is 48.0 Å². The number of fused-ring (bicyclic) bond motifs is 5. The molecule has 210 valence electrons. The SMILES string of the molecule is CC12C=CC(=O)C=C1CCC1C2C(O)CC2(C)C1CCC2(O)C(=O)COC(=O)CCC(=O)NCc1ccco1. The molecule has 1 heterocycles. The maximum absolute atomic E-state index is 13.3. The van der Waals surface area contributed by atoms with E-state index in [4.69, 9.17) is 9.15 Å². The number of hydrogen-bond acceptors (Lipinski definition) is 8. The van der Waals surface area contributed by atoms with Gasteiger partial charge in [0, 0.05) is 23.2 Å². The van der Waals surface area contributed by atoms with Crippen molar-refractivity contribution in [1.82, 2.24) is 5.32 Å². The number of aliphatic hydroxyl groups is 2. The molecule has 4 aliphatic carbocycles. The van der Waals surface area contributed by atoms with E-state index in [2.05, 4.69) is 12.2 Å². The highest BCUT2D eigenvalue weighted by Crippen LogP contribution is 2.67. The predicted molar refractivity (Wildman–Crippen MR) is 139 cm³/mol. The van der Waals surface area contributed by atoms with Crippen LogP contribution < -0.4 is 5.32 Å². The summed E-state index contributed by atoms with van der Waals surface area (Å²) in [6, 6.07) is 3.44. The Labute approximate surface area is 227 Å². The Bertz CT molecular complexity index is 1220. The molecule has 1 aromatic heterocycles. The van der Waals surface area contributed by atoms with Crippen molar-refractivity contribution in [1.29, 1.82) is 0 Å². The molecule has 0 aromatic carbocycles. The van der Waals surface area contributed by atoms with Crippen LogP contribution in [0.5, 0.6) is 0 Å². The molecule has 7 atom stereocenters. The summed E-state index contributed by atoms with van der Waals surface area (Å²) in [5, 5.41) is 25.8. The number of amides is 1. The first-order valence-electron chi connectivity index (χ1n) is 13.8. The van der Waals surface area contributed by atoms with E-state index in [0.717, 1.165) is 18.4 Å². The van der Waals surface area contributed by atoms with Crippen LogP contribution in [0.2, 0.25) is 0 Å². The van der Waals surface area contributed by atoms with E-state index in [1.165, 1.54) is 6.26 Å². The van der Waals surface area contributed by atoms with Crippen molar-refractivity contribution in [2.45, 2.75) is 77.0 Å². The first kappa shape index (κ1) is 27.5. The van der Waals surface area contributed by atoms with Gasteiger partial charge in [0.05, 0.1) is 25.3 Å². The molecule has 1 aromatic rings. The van der Waals surface area contributed by atoms with Gasteiger partial charge in [0.25, 0.3) is 0 Å². The molecule has 0 spiro atoms. The lowest BCUT2D eigenvalue weighted by molar-refractivity contribution is -0.181. The summed E-state index contributed by atoms with van der Waals surface area (Å²) in [5.41, 5.74) is -1.97. The highest BCUT2D eigenvalue weighted by Gasteiger charge is 2.68. The van der Waals surface area contributed by atoms with E-state index in [1.807, 2.05) is 13.0 Å². The van der Waals surface area contributed by atoms with Gasteiger partial charge in [0.15, 0.2) is 12.4 Å².